The summed E-state index contributed by atoms with van der Waals surface area (Å²) in [5.41, 5.74) is 1.13. The average molecular weight is 235 g/mol. The minimum absolute atomic E-state index is 0.118. The highest BCUT2D eigenvalue weighted by Gasteiger charge is 2.31. The number of hydrogen-bond donors (Lipinski definition) is 1. The van der Waals surface area contributed by atoms with E-state index in [-0.39, 0.29) is 12.0 Å². The summed E-state index contributed by atoms with van der Waals surface area (Å²) in [6.45, 7) is 9.71. The van der Waals surface area contributed by atoms with E-state index in [1.165, 1.54) is 5.56 Å². The molecule has 1 unspecified atom stereocenters. The first-order valence-electron chi connectivity index (χ1n) is 6.61. The van der Waals surface area contributed by atoms with E-state index in [9.17, 15) is 5.11 Å². The van der Waals surface area contributed by atoms with Crippen LogP contribution in [0.2, 0.25) is 0 Å². The Morgan fingerprint density at radius 2 is 1.65 bits per heavy atom. The monoisotopic (exact) mass is 235 g/mol. The summed E-state index contributed by atoms with van der Waals surface area (Å²) >= 11 is 0. The van der Waals surface area contributed by atoms with Crippen molar-refractivity contribution in [1.29, 1.82) is 0 Å². The van der Waals surface area contributed by atoms with Crippen LogP contribution in [0.3, 0.4) is 0 Å². The Balaban J connectivity index is 2.96. The van der Waals surface area contributed by atoms with E-state index in [1.54, 1.807) is 0 Å². The van der Waals surface area contributed by atoms with E-state index in [0.29, 0.717) is 0 Å². The highest BCUT2D eigenvalue weighted by molar-refractivity contribution is 5.26. The lowest BCUT2D eigenvalue weighted by Gasteiger charge is -2.36. The number of nitrogens with zero attached hydrogens (tertiary/aromatic N) is 1. The molecule has 1 aromatic carbocycles. The van der Waals surface area contributed by atoms with Crippen LogP contribution >= 0.6 is 0 Å². The fraction of sp³-hybridized carbons (Fsp3) is 0.600. The molecule has 0 aromatic heterocycles. The molecular formula is C15H25NO. The summed E-state index contributed by atoms with van der Waals surface area (Å²) in [6, 6.07) is 10.4. The molecule has 0 saturated heterocycles. The van der Waals surface area contributed by atoms with Crippen molar-refractivity contribution in [2.24, 2.45) is 0 Å². The zero-order chi connectivity index (χ0) is 12.7. The van der Waals surface area contributed by atoms with Crippen molar-refractivity contribution >= 4 is 0 Å². The van der Waals surface area contributed by atoms with Crippen LogP contribution in [-0.2, 0) is 5.41 Å². The average Bonchev–Trinajstić information content (AvgIpc) is 2.42. The maximum Gasteiger partial charge on any atom is 0.0540 e. The van der Waals surface area contributed by atoms with Gasteiger partial charge in [0, 0.05) is 12.0 Å². The summed E-state index contributed by atoms with van der Waals surface area (Å²) in [5, 5.41) is 9.84. The van der Waals surface area contributed by atoms with Crippen molar-refractivity contribution in [2.75, 3.05) is 26.2 Å². The van der Waals surface area contributed by atoms with Crippen LogP contribution in [0, 0.1) is 0 Å². The number of hydrogen-bond acceptors (Lipinski definition) is 2. The minimum atomic E-state index is -0.118. The molecule has 0 spiro atoms. The molecule has 96 valence electrons. The number of rotatable bonds is 7. The van der Waals surface area contributed by atoms with Crippen molar-refractivity contribution < 1.29 is 5.11 Å². The second-order valence-electron chi connectivity index (χ2n) is 4.62. The highest BCUT2D eigenvalue weighted by atomic mass is 16.3. The van der Waals surface area contributed by atoms with Gasteiger partial charge in [-0.05, 0) is 25.1 Å². The molecule has 17 heavy (non-hydrogen) atoms. The molecule has 0 saturated carbocycles. The predicted octanol–water partition coefficient (Wildman–Crippen LogP) is 2.67. The largest absolute Gasteiger partial charge is 0.395 e. The number of aliphatic hydroxyl groups excluding tert-OH is 1. The molecular weight excluding hydrogens is 210 g/mol. The van der Waals surface area contributed by atoms with Crippen LogP contribution in [0.4, 0.5) is 0 Å². The highest BCUT2D eigenvalue weighted by Crippen LogP contribution is 2.28. The van der Waals surface area contributed by atoms with Gasteiger partial charge in [-0.3, -0.25) is 0 Å². The van der Waals surface area contributed by atoms with E-state index in [1.807, 2.05) is 6.07 Å². The van der Waals surface area contributed by atoms with Gasteiger partial charge >= 0.3 is 0 Å². The normalized spacial score (nSPS) is 14.9. The molecule has 0 aliphatic carbocycles. The Labute approximate surface area is 105 Å². The molecule has 1 atom stereocenters. The first-order valence-corrected chi connectivity index (χ1v) is 6.61. The molecule has 2 heteroatoms. The number of likely N-dealkylation sites (N-methyl/N-ethyl adjacent to an activating group) is 1. The quantitative estimate of drug-likeness (QED) is 0.785. The molecule has 2 nitrogen and oxygen atoms in total. The molecule has 0 bridgehead atoms. The smallest absolute Gasteiger partial charge is 0.0540 e. The first-order chi connectivity index (χ1) is 8.22. The van der Waals surface area contributed by atoms with Crippen LogP contribution < -0.4 is 0 Å². The third-order valence-corrected chi connectivity index (χ3v) is 3.79. The standard InChI is InChI=1S/C15H25NO/c1-4-15(13-17,12-16(5-2)6-3)14-10-8-7-9-11-14/h7-11,17H,4-6,12-13H2,1-3H3. The van der Waals surface area contributed by atoms with E-state index in [0.717, 1.165) is 26.1 Å². The summed E-state index contributed by atoms with van der Waals surface area (Å²) in [4.78, 5) is 2.38. The van der Waals surface area contributed by atoms with Crippen molar-refractivity contribution in [3.63, 3.8) is 0 Å². The Hall–Kier alpha value is -0.860. The summed E-state index contributed by atoms with van der Waals surface area (Å²) in [6.07, 6.45) is 0.962. The SMILES string of the molecule is CCN(CC)CC(CC)(CO)c1ccccc1. The van der Waals surface area contributed by atoms with Crippen molar-refractivity contribution in [2.45, 2.75) is 32.6 Å². The van der Waals surface area contributed by atoms with Gasteiger partial charge in [-0.25, -0.2) is 0 Å². The maximum absolute atomic E-state index is 9.84. The second kappa shape index (κ2) is 6.77. The number of benzene rings is 1. The summed E-state index contributed by atoms with van der Waals surface area (Å²) < 4.78 is 0. The molecule has 1 rings (SSSR count). The third kappa shape index (κ3) is 3.30. The van der Waals surface area contributed by atoms with Crippen LogP contribution in [-0.4, -0.2) is 36.2 Å². The molecule has 0 amide bonds. The predicted molar refractivity (Wildman–Crippen MR) is 73.3 cm³/mol. The van der Waals surface area contributed by atoms with Gasteiger partial charge < -0.3 is 10.0 Å². The number of aliphatic hydroxyl groups is 1. The van der Waals surface area contributed by atoms with Crippen LogP contribution in [0.25, 0.3) is 0 Å². The molecule has 0 aliphatic rings. The Morgan fingerprint density at radius 1 is 1.06 bits per heavy atom. The fourth-order valence-electron chi connectivity index (χ4n) is 2.33. The first kappa shape index (κ1) is 14.2. The summed E-state index contributed by atoms with van der Waals surface area (Å²) in [7, 11) is 0. The molecule has 0 radical (unpaired) electrons. The van der Waals surface area contributed by atoms with Crippen LogP contribution in [0.5, 0.6) is 0 Å². The van der Waals surface area contributed by atoms with E-state index in [4.69, 9.17) is 0 Å². The molecule has 0 heterocycles. The van der Waals surface area contributed by atoms with Crippen LogP contribution in [0.15, 0.2) is 30.3 Å². The van der Waals surface area contributed by atoms with Gasteiger partial charge in [0.05, 0.1) is 6.61 Å². The van der Waals surface area contributed by atoms with Crippen LogP contribution in [0.1, 0.15) is 32.8 Å². The lowest BCUT2D eigenvalue weighted by Crippen LogP contribution is -2.43. The van der Waals surface area contributed by atoms with Gasteiger partial charge in [0.2, 0.25) is 0 Å². The van der Waals surface area contributed by atoms with E-state index in [2.05, 4.69) is 49.9 Å². The van der Waals surface area contributed by atoms with Gasteiger partial charge in [-0.2, -0.15) is 0 Å². The Bertz CT molecular complexity index is 302. The van der Waals surface area contributed by atoms with Gasteiger partial charge in [-0.15, -0.1) is 0 Å². The van der Waals surface area contributed by atoms with E-state index >= 15 is 0 Å². The lowest BCUT2D eigenvalue weighted by atomic mass is 9.78. The van der Waals surface area contributed by atoms with Gasteiger partial charge in [0.25, 0.3) is 0 Å². The molecule has 1 N–H and O–H groups in total. The third-order valence-electron chi connectivity index (χ3n) is 3.79. The Kier molecular flexibility index (Phi) is 5.66. The Morgan fingerprint density at radius 3 is 2.06 bits per heavy atom. The van der Waals surface area contributed by atoms with Crippen molar-refractivity contribution in [1.82, 2.24) is 4.90 Å². The molecule has 1 aromatic rings. The minimum Gasteiger partial charge on any atom is -0.395 e. The lowest BCUT2D eigenvalue weighted by molar-refractivity contribution is 0.134. The van der Waals surface area contributed by atoms with Gasteiger partial charge in [-0.1, -0.05) is 51.1 Å². The summed E-state index contributed by atoms with van der Waals surface area (Å²) in [5.74, 6) is 0. The van der Waals surface area contributed by atoms with Gasteiger partial charge in [0.15, 0.2) is 0 Å². The van der Waals surface area contributed by atoms with E-state index < -0.39 is 0 Å². The molecule has 0 aliphatic heterocycles. The second-order valence-corrected chi connectivity index (χ2v) is 4.62. The fourth-order valence-corrected chi connectivity index (χ4v) is 2.33. The zero-order valence-electron chi connectivity index (χ0n) is 11.3. The van der Waals surface area contributed by atoms with Gasteiger partial charge in [0.1, 0.15) is 0 Å². The maximum atomic E-state index is 9.84. The van der Waals surface area contributed by atoms with Crippen molar-refractivity contribution in [3.05, 3.63) is 35.9 Å². The topological polar surface area (TPSA) is 23.5 Å². The molecule has 0 fully saturated rings. The van der Waals surface area contributed by atoms with Crippen molar-refractivity contribution in [3.8, 4) is 0 Å². The zero-order valence-corrected chi connectivity index (χ0v) is 11.3.